The Labute approximate surface area is 135 Å². The quantitative estimate of drug-likeness (QED) is 0.797. The van der Waals surface area contributed by atoms with E-state index in [9.17, 15) is 4.79 Å². The molecule has 1 amide bonds. The Balaban J connectivity index is 2.01. The maximum absolute atomic E-state index is 12.2. The largest absolute Gasteiger partial charge is 0.496 e. The molecule has 21 heavy (non-hydrogen) atoms. The van der Waals surface area contributed by atoms with Crippen LogP contribution in [0.5, 0.6) is 5.75 Å². The molecule has 0 spiro atoms. The van der Waals surface area contributed by atoms with Crippen LogP contribution in [0, 0.1) is 0 Å². The van der Waals surface area contributed by atoms with Gasteiger partial charge in [0.25, 0.3) is 5.91 Å². The number of anilines is 1. The number of hydrogen-bond acceptors (Lipinski definition) is 3. The van der Waals surface area contributed by atoms with E-state index in [4.69, 9.17) is 4.74 Å². The van der Waals surface area contributed by atoms with E-state index in [0.717, 1.165) is 26.4 Å². The Kier molecular flexibility index (Phi) is 4.03. The lowest BCUT2D eigenvalue weighted by Gasteiger charge is -2.18. The number of fused-ring (bicyclic) bond motifs is 1. The average Bonchev–Trinajstić information content (AvgIpc) is 2.48. The smallest absolute Gasteiger partial charge is 0.262 e. The molecule has 2 aromatic rings. The zero-order valence-corrected chi connectivity index (χ0v) is 13.6. The molecule has 3 rings (SSSR count). The van der Waals surface area contributed by atoms with Crippen molar-refractivity contribution >= 4 is 45.4 Å². The van der Waals surface area contributed by atoms with Crippen LogP contribution in [-0.2, 0) is 4.79 Å². The minimum Gasteiger partial charge on any atom is -0.496 e. The summed E-state index contributed by atoms with van der Waals surface area (Å²) >= 11 is 4.90. The molecule has 1 N–H and O–H groups in total. The van der Waals surface area contributed by atoms with E-state index >= 15 is 0 Å². The van der Waals surface area contributed by atoms with Gasteiger partial charge in [-0.15, -0.1) is 0 Å². The molecule has 0 aromatic heterocycles. The van der Waals surface area contributed by atoms with Gasteiger partial charge in [0.2, 0.25) is 0 Å². The number of benzene rings is 2. The van der Waals surface area contributed by atoms with Gasteiger partial charge in [-0.3, -0.25) is 4.79 Å². The second-order valence-electron chi connectivity index (χ2n) is 4.45. The highest BCUT2D eigenvalue weighted by atomic mass is 79.9. The summed E-state index contributed by atoms with van der Waals surface area (Å²) < 4.78 is 6.28. The van der Waals surface area contributed by atoms with Crippen molar-refractivity contribution < 1.29 is 9.53 Å². The number of halogens is 1. The Bertz CT molecular complexity index is 743. The predicted molar refractivity (Wildman–Crippen MR) is 89.6 cm³/mol. The van der Waals surface area contributed by atoms with Gasteiger partial charge in [0.15, 0.2) is 0 Å². The molecule has 1 aliphatic heterocycles. The van der Waals surface area contributed by atoms with Crippen LogP contribution in [-0.4, -0.2) is 13.0 Å². The van der Waals surface area contributed by atoms with E-state index in [0.29, 0.717) is 4.91 Å². The highest BCUT2D eigenvalue weighted by molar-refractivity contribution is 9.10. The lowest BCUT2D eigenvalue weighted by Crippen LogP contribution is -2.17. The highest BCUT2D eigenvalue weighted by Gasteiger charge is 2.20. The maximum atomic E-state index is 12.2. The molecule has 0 atom stereocenters. The fourth-order valence-corrected chi connectivity index (χ4v) is 3.38. The van der Waals surface area contributed by atoms with Crippen LogP contribution in [0.25, 0.3) is 6.08 Å². The monoisotopic (exact) mass is 361 g/mol. The van der Waals surface area contributed by atoms with Gasteiger partial charge in [-0.2, -0.15) is 0 Å². The molecular formula is C16H12BrNO2S. The van der Waals surface area contributed by atoms with Crippen molar-refractivity contribution in [3.63, 3.8) is 0 Å². The van der Waals surface area contributed by atoms with E-state index < -0.39 is 0 Å². The first-order valence-electron chi connectivity index (χ1n) is 6.31. The highest BCUT2D eigenvalue weighted by Crippen LogP contribution is 2.39. The molecule has 5 heteroatoms. The molecule has 1 heterocycles. The van der Waals surface area contributed by atoms with Crippen LogP contribution in [0.3, 0.4) is 0 Å². The first kappa shape index (κ1) is 14.2. The Hall–Kier alpha value is -1.72. The molecular weight excluding hydrogens is 350 g/mol. The van der Waals surface area contributed by atoms with Gasteiger partial charge in [-0.25, -0.2) is 0 Å². The zero-order chi connectivity index (χ0) is 14.8. The Morgan fingerprint density at radius 3 is 2.86 bits per heavy atom. The summed E-state index contributed by atoms with van der Waals surface area (Å²) in [6.07, 6.45) is 1.85. The number of nitrogens with one attached hydrogen (secondary N) is 1. The van der Waals surface area contributed by atoms with Crippen LogP contribution >= 0.6 is 27.7 Å². The third kappa shape index (κ3) is 2.99. The molecule has 0 saturated carbocycles. The number of methoxy groups -OCH3 is 1. The molecule has 2 aromatic carbocycles. The van der Waals surface area contributed by atoms with Crippen molar-refractivity contribution in [3.05, 3.63) is 57.4 Å². The maximum Gasteiger partial charge on any atom is 0.262 e. The van der Waals surface area contributed by atoms with Crippen LogP contribution < -0.4 is 10.1 Å². The topological polar surface area (TPSA) is 38.3 Å². The Morgan fingerprint density at radius 2 is 2.05 bits per heavy atom. The van der Waals surface area contributed by atoms with E-state index in [-0.39, 0.29) is 5.91 Å². The molecule has 106 valence electrons. The number of carbonyl (C=O) groups excluding carboxylic acids is 1. The number of para-hydroxylation sites is 1. The summed E-state index contributed by atoms with van der Waals surface area (Å²) in [5.41, 5.74) is 1.72. The van der Waals surface area contributed by atoms with Gasteiger partial charge in [0.05, 0.1) is 17.7 Å². The first-order chi connectivity index (χ1) is 10.2. The summed E-state index contributed by atoms with van der Waals surface area (Å²) in [6.45, 7) is 0. The Morgan fingerprint density at radius 1 is 1.24 bits per heavy atom. The molecule has 0 aliphatic carbocycles. The second-order valence-corrected chi connectivity index (χ2v) is 6.45. The molecule has 3 nitrogen and oxygen atoms in total. The van der Waals surface area contributed by atoms with E-state index in [1.165, 1.54) is 11.8 Å². The molecule has 1 aliphatic rings. The first-order valence-corrected chi connectivity index (χ1v) is 7.92. The third-order valence-electron chi connectivity index (χ3n) is 3.06. The van der Waals surface area contributed by atoms with Gasteiger partial charge < -0.3 is 10.1 Å². The van der Waals surface area contributed by atoms with Crippen molar-refractivity contribution in [1.82, 2.24) is 0 Å². The number of amides is 1. The number of ether oxygens (including phenoxy) is 1. The van der Waals surface area contributed by atoms with Crippen molar-refractivity contribution in [2.45, 2.75) is 4.90 Å². The average molecular weight is 362 g/mol. The molecule has 0 fully saturated rings. The summed E-state index contributed by atoms with van der Waals surface area (Å²) in [4.78, 5) is 13.9. The van der Waals surface area contributed by atoms with Gasteiger partial charge in [0, 0.05) is 14.9 Å². The van der Waals surface area contributed by atoms with Gasteiger partial charge in [0.1, 0.15) is 5.75 Å². The summed E-state index contributed by atoms with van der Waals surface area (Å²) in [5.74, 6) is 0.638. The third-order valence-corrected chi connectivity index (χ3v) is 4.65. The van der Waals surface area contributed by atoms with Crippen LogP contribution in [0.1, 0.15) is 5.56 Å². The molecule has 0 unspecified atom stereocenters. The van der Waals surface area contributed by atoms with Gasteiger partial charge in [-0.05, 0) is 36.4 Å². The van der Waals surface area contributed by atoms with Crippen LogP contribution in [0.2, 0.25) is 0 Å². The minimum atomic E-state index is -0.0965. The van der Waals surface area contributed by atoms with Crippen molar-refractivity contribution in [2.24, 2.45) is 0 Å². The van der Waals surface area contributed by atoms with Crippen molar-refractivity contribution in [2.75, 3.05) is 12.4 Å². The molecule has 0 radical (unpaired) electrons. The predicted octanol–water partition coefficient (Wildman–Crippen LogP) is 4.54. The van der Waals surface area contributed by atoms with Gasteiger partial charge in [-0.1, -0.05) is 39.8 Å². The summed E-state index contributed by atoms with van der Waals surface area (Å²) in [7, 11) is 1.62. The minimum absolute atomic E-state index is 0.0965. The zero-order valence-electron chi connectivity index (χ0n) is 11.2. The number of hydrogen-bond donors (Lipinski definition) is 1. The number of thioether (sulfide) groups is 1. The van der Waals surface area contributed by atoms with E-state index in [2.05, 4.69) is 21.2 Å². The van der Waals surface area contributed by atoms with Gasteiger partial charge >= 0.3 is 0 Å². The summed E-state index contributed by atoms with van der Waals surface area (Å²) in [5, 5.41) is 2.90. The summed E-state index contributed by atoms with van der Waals surface area (Å²) in [6, 6.07) is 13.5. The van der Waals surface area contributed by atoms with E-state index in [1.54, 1.807) is 7.11 Å². The fourth-order valence-electron chi connectivity index (χ4n) is 2.06. The lowest BCUT2D eigenvalue weighted by atomic mass is 10.2. The number of carbonyl (C=O) groups is 1. The fraction of sp³-hybridized carbons (Fsp3) is 0.0625. The standard InChI is InChI=1S/C16H12BrNO2S/c1-20-13-7-6-11(17)8-10(13)9-15-16(19)18-12-4-2-3-5-14(12)21-15/h2-9H,1H3,(H,18,19). The molecule has 0 bridgehead atoms. The van der Waals surface area contributed by atoms with Crippen LogP contribution in [0.15, 0.2) is 56.7 Å². The van der Waals surface area contributed by atoms with E-state index in [1.807, 2.05) is 48.5 Å². The van der Waals surface area contributed by atoms with Crippen molar-refractivity contribution in [3.8, 4) is 5.75 Å². The number of rotatable bonds is 2. The van der Waals surface area contributed by atoms with Crippen molar-refractivity contribution in [1.29, 1.82) is 0 Å². The second kappa shape index (κ2) is 5.95. The molecule has 0 saturated heterocycles. The normalized spacial score (nSPS) is 15.5. The lowest BCUT2D eigenvalue weighted by molar-refractivity contribution is -0.112. The van der Waals surface area contributed by atoms with Crippen LogP contribution in [0.4, 0.5) is 5.69 Å². The SMILES string of the molecule is COc1ccc(Br)cc1C=C1Sc2ccccc2NC1=O.